The number of aromatic nitrogens is 1. The van der Waals surface area contributed by atoms with E-state index in [9.17, 15) is 9.90 Å². The van der Waals surface area contributed by atoms with Crippen molar-refractivity contribution in [3.05, 3.63) is 89.8 Å². The predicted octanol–water partition coefficient (Wildman–Crippen LogP) is 10.1. The molecule has 1 radical (unpaired) electrons. The van der Waals surface area contributed by atoms with E-state index in [0.29, 0.717) is 0 Å². The Bertz CT molecular complexity index is 1760. The molecule has 42 heavy (non-hydrogen) atoms. The largest absolute Gasteiger partial charge is 0.512 e. The number of aliphatic hydroxyl groups excluding tert-OH is 1. The van der Waals surface area contributed by atoms with Crippen LogP contribution in [0, 0.1) is 17.9 Å². The van der Waals surface area contributed by atoms with Crippen molar-refractivity contribution in [2.75, 3.05) is 0 Å². The van der Waals surface area contributed by atoms with E-state index in [0.717, 1.165) is 58.9 Å². The van der Waals surface area contributed by atoms with Gasteiger partial charge in [0.1, 0.15) is 11.2 Å². The van der Waals surface area contributed by atoms with Crippen LogP contribution in [-0.2, 0) is 30.3 Å². The Morgan fingerprint density at radius 2 is 1.57 bits per heavy atom. The van der Waals surface area contributed by atoms with E-state index in [1.54, 1.807) is 0 Å². The molecule has 5 aromatic rings. The van der Waals surface area contributed by atoms with Crippen LogP contribution in [0.1, 0.15) is 78.4 Å². The van der Waals surface area contributed by atoms with Gasteiger partial charge in [0.15, 0.2) is 5.78 Å². The number of carbonyl (C=O) groups is 1. The predicted molar refractivity (Wildman–Crippen MR) is 169 cm³/mol. The van der Waals surface area contributed by atoms with Crippen LogP contribution >= 0.6 is 0 Å². The molecule has 3 aromatic carbocycles. The van der Waals surface area contributed by atoms with Crippen molar-refractivity contribution < 1.29 is 34.4 Å². The zero-order chi connectivity index (χ0) is 29.3. The van der Waals surface area contributed by atoms with E-state index < -0.39 is 0 Å². The van der Waals surface area contributed by atoms with E-state index in [4.69, 9.17) is 9.40 Å². The average molecular weight is 739 g/mol. The number of allylic oxidation sites excluding steroid dienone is 2. The summed E-state index contributed by atoms with van der Waals surface area (Å²) in [5.41, 5.74) is 6.25. The number of rotatable bonds is 7. The molecule has 4 nitrogen and oxygen atoms in total. The van der Waals surface area contributed by atoms with Crippen LogP contribution in [0.5, 0.6) is 0 Å². The molecule has 0 aliphatic heterocycles. The SMILES string of the molecule is CC1(C)c2cc3ccccc3[c-]c2-c2nccc3oc4cccc1c4c23.CCC(CC)C(=O)/C=C(\O)C(CC)CC.[Ir]. The van der Waals surface area contributed by atoms with Crippen molar-refractivity contribution in [1.29, 1.82) is 0 Å². The van der Waals surface area contributed by atoms with Gasteiger partial charge < -0.3 is 9.52 Å². The Labute approximate surface area is 262 Å². The molecule has 2 heterocycles. The first-order valence-corrected chi connectivity index (χ1v) is 15.0. The Morgan fingerprint density at radius 1 is 0.905 bits per heavy atom. The third-order valence-corrected chi connectivity index (χ3v) is 8.86. The Morgan fingerprint density at radius 3 is 2.26 bits per heavy atom. The molecule has 0 saturated carbocycles. The molecule has 0 fully saturated rings. The maximum Gasteiger partial charge on any atom is 0.162 e. The smallest absolute Gasteiger partial charge is 0.162 e. The fraction of sp³-hybridized carbons (Fsp3) is 0.351. The number of hydrogen-bond acceptors (Lipinski definition) is 4. The Balaban J connectivity index is 0.000000221. The summed E-state index contributed by atoms with van der Waals surface area (Å²) in [5.74, 6) is 0.547. The van der Waals surface area contributed by atoms with E-state index in [1.807, 2.05) is 40.0 Å². The standard InChI is InChI=1S/C24H16NO.C13H24O2.Ir/c1-24(2)17-8-5-9-19-21(17)22-20(26-19)10-11-25-23(22)16-12-14-6-3-4-7-15(14)13-18(16)24;1-5-10(6-2)12(14)9-13(15)11(7-3)8-4;/h3-11,13H,1-2H3;9-11,14H,5-8H2,1-4H3;/q-1;;/b;12-9-;. The second kappa shape index (κ2) is 12.9. The van der Waals surface area contributed by atoms with Gasteiger partial charge in [-0.1, -0.05) is 88.4 Å². The van der Waals surface area contributed by atoms with E-state index >= 15 is 0 Å². The van der Waals surface area contributed by atoms with Crippen LogP contribution in [0.3, 0.4) is 0 Å². The maximum atomic E-state index is 11.7. The third-order valence-electron chi connectivity index (χ3n) is 8.86. The van der Waals surface area contributed by atoms with Crippen molar-refractivity contribution in [2.45, 2.75) is 72.6 Å². The quantitative estimate of drug-likeness (QED) is 0.103. The molecule has 5 heteroatoms. The summed E-state index contributed by atoms with van der Waals surface area (Å²) >= 11 is 0. The average Bonchev–Trinajstić information content (AvgIpc) is 3.33. The molecule has 0 bridgehead atoms. The first-order valence-electron chi connectivity index (χ1n) is 15.0. The zero-order valence-electron chi connectivity index (χ0n) is 25.4. The number of furan rings is 1. The van der Waals surface area contributed by atoms with Crippen molar-refractivity contribution in [3.63, 3.8) is 0 Å². The molecule has 0 saturated heterocycles. The number of fused-ring (bicyclic) bond motifs is 3. The Hall–Kier alpha value is -3.27. The van der Waals surface area contributed by atoms with Crippen molar-refractivity contribution in [1.82, 2.24) is 4.98 Å². The number of carbonyl (C=O) groups excluding carboxylic acids is 1. The van der Waals surface area contributed by atoms with Gasteiger partial charge in [0, 0.05) is 60.7 Å². The van der Waals surface area contributed by atoms with Crippen molar-refractivity contribution in [3.8, 4) is 11.3 Å². The molecule has 1 aliphatic rings. The van der Waals surface area contributed by atoms with Crippen molar-refractivity contribution in [2.24, 2.45) is 11.8 Å². The fourth-order valence-electron chi connectivity index (χ4n) is 6.24. The number of benzene rings is 3. The van der Waals surface area contributed by atoms with Crippen LogP contribution < -0.4 is 0 Å². The van der Waals surface area contributed by atoms with Gasteiger partial charge in [-0.05, 0) is 48.8 Å². The van der Waals surface area contributed by atoms with Gasteiger partial charge in [-0.15, -0.1) is 23.6 Å². The normalized spacial score (nSPS) is 13.7. The van der Waals surface area contributed by atoms with Crippen LogP contribution in [0.2, 0.25) is 0 Å². The number of ketones is 1. The minimum absolute atomic E-state index is 0. The molecule has 221 valence electrons. The molecule has 2 aromatic heterocycles. The van der Waals surface area contributed by atoms with Gasteiger partial charge in [-0.25, -0.2) is 0 Å². The number of pyridine rings is 1. The van der Waals surface area contributed by atoms with Crippen LogP contribution in [0.25, 0.3) is 44.0 Å². The Kier molecular flexibility index (Phi) is 9.75. The summed E-state index contributed by atoms with van der Waals surface area (Å²) in [6.07, 6.45) is 6.74. The topological polar surface area (TPSA) is 63.3 Å². The van der Waals surface area contributed by atoms with Gasteiger partial charge in [0.25, 0.3) is 0 Å². The second-order valence-electron chi connectivity index (χ2n) is 11.6. The fourth-order valence-corrected chi connectivity index (χ4v) is 6.24. The first-order chi connectivity index (χ1) is 19.7. The number of aliphatic hydroxyl groups is 1. The van der Waals surface area contributed by atoms with E-state index in [-0.39, 0.29) is 48.9 Å². The van der Waals surface area contributed by atoms with Gasteiger partial charge in [-0.3, -0.25) is 9.78 Å². The third kappa shape index (κ3) is 5.57. The van der Waals surface area contributed by atoms with Crippen LogP contribution in [0.4, 0.5) is 0 Å². The first kappa shape index (κ1) is 31.7. The molecule has 1 N–H and O–H groups in total. The van der Waals surface area contributed by atoms with Gasteiger partial charge in [-0.2, -0.15) is 0 Å². The van der Waals surface area contributed by atoms with Gasteiger partial charge in [0.05, 0.1) is 5.76 Å². The molecule has 0 atom stereocenters. The maximum absolute atomic E-state index is 11.7. The summed E-state index contributed by atoms with van der Waals surface area (Å²) < 4.78 is 6.15. The van der Waals surface area contributed by atoms with Crippen molar-refractivity contribution >= 4 is 38.5 Å². The molecular weight excluding hydrogens is 699 g/mol. The molecule has 0 amide bonds. The van der Waals surface area contributed by atoms with E-state index in [2.05, 4.69) is 68.4 Å². The molecule has 0 spiro atoms. The monoisotopic (exact) mass is 739 g/mol. The second-order valence-corrected chi connectivity index (χ2v) is 11.6. The van der Waals surface area contributed by atoms with E-state index in [1.165, 1.54) is 28.0 Å². The summed E-state index contributed by atoms with van der Waals surface area (Å²) in [6.45, 7) is 12.6. The number of hydrogen-bond donors (Lipinski definition) is 1. The minimum Gasteiger partial charge on any atom is -0.512 e. The molecule has 1 aliphatic carbocycles. The molecular formula is C37H40IrNO3-. The van der Waals surface area contributed by atoms with Gasteiger partial charge >= 0.3 is 0 Å². The summed E-state index contributed by atoms with van der Waals surface area (Å²) in [5, 5.41) is 14.4. The summed E-state index contributed by atoms with van der Waals surface area (Å²) in [6, 6.07) is 22.7. The van der Waals surface area contributed by atoms with Crippen LogP contribution in [-0.4, -0.2) is 15.9 Å². The van der Waals surface area contributed by atoms with Gasteiger partial charge in [0.2, 0.25) is 0 Å². The zero-order valence-corrected chi connectivity index (χ0v) is 27.8. The summed E-state index contributed by atoms with van der Waals surface area (Å²) in [7, 11) is 0. The minimum atomic E-state index is -0.174. The summed E-state index contributed by atoms with van der Waals surface area (Å²) in [4.78, 5) is 16.5. The molecule has 0 unspecified atom stereocenters. The van der Waals surface area contributed by atoms with Crippen LogP contribution in [0.15, 0.2) is 77.0 Å². The number of nitrogens with zero attached hydrogens (tertiary/aromatic N) is 1. The molecule has 6 rings (SSSR count).